The molecule has 40 atom stereocenters. The molecule has 0 saturated carbocycles. The van der Waals surface area contributed by atoms with Crippen molar-refractivity contribution in [1.82, 2.24) is 0 Å². The quantitative estimate of drug-likeness (QED) is 0.0218. The van der Waals surface area contributed by atoms with Crippen molar-refractivity contribution in [3.63, 3.8) is 0 Å². The first-order valence-corrected chi connectivity index (χ1v) is 53.9. The van der Waals surface area contributed by atoms with E-state index in [0.29, 0.717) is 10.6 Å². The van der Waals surface area contributed by atoms with E-state index in [1.165, 1.54) is 0 Å². The summed E-state index contributed by atoms with van der Waals surface area (Å²) in [6.07, 6.45) is -87.4. The molecule has 56 heteroatoms. The zero-order valence-electron chi connectivity index (χ0n) is 73.4. The average Bonchev–Trinajstić information content (AvgIpc) is 0.764. The van der Waals surface area contributed by atoms with E-state index < -0.39 is 375 Å². The van der Waals surface area contributed by atoms with E-state index in [4.69, 9.17) is 80.5 Å². The maximum atomic E-state index is 15.5. The van der Waals surface area contributed by atoms with Crippen LogP contribution in [-0.4, -0.2) is 498 Å². The van der Waals surface area contributed by atoms with Gasteiger partial charge >= 0.3 is 41.8 Å². The van der Waals surface area contributed by atoms with Gasteiger partial charge in [-0.25, -0.2) is 0 Å². The predicted molar refractivity (Wildman–Crippen MR) is 482 cm³/mol. The van der Waals surface area contributed by atoms with Gasteiger partial charge in [0.05, 0.1) is 94.3 Å². The molecular formula is C82H119O48PS7. The lowest BCUT2D eigenvalue weighted by Crippen LogP contribution is -2.69. The van der Waals surface area contributed by atoms with Gasteiger partial charge in [0.15, 0.2) is 57.5 Å². The largest absolute Gasteiger partial charge is 0.481 e. The molecule has 0 aliphatic carbocycles. The molecule has 23 N–H and O–H groups in total. The minimum Gasteiger partial charge on any atom is -0.481 e. The molecule has 32 rings (SSSR count). The van der Waals surface area contributed by atoms with Crippen molar-refractivity contribution in [3.05, 3.63) is 60.7 Å². The summed E-state index contributed by atoms with van der Waals surface area (Å²) in [5.74, 6) is -12.7. The summed E-state index contributed by atoms with van der Waals surface area (Å²) >= 11 is 6.16. The SMILES string of the molecule is O=C(O)CCSC[C@H]1O[C@@H]2O[C@H]3[C@@H](O)[C@@H](O)[C@@H](O[C@H]4[C@@H](O)[C@@H](O)[C@@H](O[C@H]5[C@@H](O)[C@@H](O)[C@@H](O[C@H]6[C@@H](O)[C@@H](O)[C@@H](O[C@H]7[C@@H](O)[C@@H](O)[C@@H](O[C@H]8[C@@H](O)[C@@H](O)[C@@H](O[C@H]9[C@@H](O)[C@@H](O)[C@@H](O[C@H]1[C@@H](O)[C@H]2O)O[C@@H]9COCP(=O)(c1ccccc1)c1ccccc1)O[C@@H]8CSCCC(=O)O)O[C@@H]7CSCCC(=O)O)O[C@@H]6CSCCC(=O)O)O[C@@H]5CSCCC(=O)O)O[C@@H]4CSCCC(=O)O)O[C@@H]3CSCCC(=O)O. The topological polar surface area (TPSA) is 759 Å². The third kappa shape index (κ3) is 30.7. The van der Waals surface area contributed by atoms with Crippen LogP contribution >= 0.6 is 89.5 Å². The molecular weight excluding hydrogens is 2010 g/mol. The molecule has 0 radical (unpaired) electrons. The molecule has 16 bridgehead atoms. The van der Waals surface area contributed by atoms with Crippen LogP contribution in [0.3, 0.4) is 0 Å². The second-order valence-corrected chi connectivity index (χ2v) is 44.3. The molecule has 30 saturated heterocycles. The van der Waals surface area contributed by atoms with Gasteiger partial charge in [-0.15, -0.1) is 0 Å². The molecule has 2 aromatic rings. The van der Waals surface area contributed by atoms with E-state index >= 15 is 4.57 Å². The zero-order chi connectivity index (χ0) is 100. The zero-order valence-corrected chi connectivity index (χ0v) is 80.0. The van der Waals surface area contributed by atoms with Crippen molar-refractivity contribution in [2.45, 2.75) is 291 Å². The molecule has 30 heterocycles. The van der Waals surface area contributed by atoms with Crippen molar-refractivity contribution in [3.8, 4) is 0 Å². The van der Waals surface area contributed by atoms with Crippen LogP contribution < -0.4 is 10.6 Å². The Hall–Kier alpha value is -3.91. The number of ether oxygens (including phenoxy) is 17. The number of carbonyl (C=O) groups is 7. The van der Waals surface area contributed by atoms with Gasteiger partial charge in [0.2, 0.25) is 0 Å². The van der Waals surface area contributed by atoms with Crippen LogP contribution in [0.2, 0.25) is 0 Å². The molecule has 48 nitrogen and oxygen atoms in total. The Morgan fingerprint density at radius 3 is 0.543 bits per heavy atom. The molecule has 0 unspecified atom stereocenters. The van der Waals surface area contributed by atoms with Gasteiger partial charge in [-0.3, -0.25) is 33.6 Å². The Labute approximate surface area is 817 Å². The number of rotatable bonds is 41. The number of aliphatic carboxylic acids is 7. The molecule has 782 valence electrons. The number of hydrogen-bond acceptors (Lipinski definition) is 48. The first kappa shape index (κ1) is 114. The van der Waals surface area contributed by atoms with Crippen LogP contribution in [-0.2, 0) is 119 Å². The fourth-order valence-corrected chi connectivity index (χ4v) is 25.4. The van der Waals surface area contributed by atoms with Crippen LogP contribution in [0.15, 0.2) is 60.7 Å². The molecule has 138 heavy (non-hydrogen) atoms. The predicted octanol–water partition coefficient (Wildman–Crippen LogP) is -5.90. The number of carboxylic acids is 7. The summed E-state index contributed by atoms with van der Waals surface area (Å²) in [6, 6.07) is 16.1. The van der Waals surface area contributed by atoms with E-state index in [2.05, 4.69) is 0 Å². The summed E-state index contributed by atoms with van der Waals surface area (Å²) in [5, 5.41) is 266. The van der Waals surface area contributed by atoms with Gasteiger partial charge < -0.3 is 203 Å². The van der Waals surface area contributed by atoms with Crippen LogP contribution in [0.4, 0.5) is 0 Å². The standard InChI is InChI=1S/C82H119O48PS7/c83-44(84)11-18-132-26-37-68-53(99)61(107)77(117-37)126-70-39(28-134-20-13-46(87)88)119-79(63(109)55(70)101)128-72-41(30-136-22-15-48(91)92)121-81(65(111)57(72)103)130-74-43(32-138-24-17-50(95)96)122-82(66(112)58(74)104)129-73-42(31-137-23-16-49(93)94)120-80(64(110)56(73)102)127-71-40(29-135-21-14-47(89)90)118-78(62(108)54(71)100)125-69-38(27-133-19-12-45(85)86)116-76(60(106)52(69)98)123-67-36(115-75(124-68)59(105)51(67)97)25-114-33-131(113,34-7-3-1-4-8-34)35-9-5-2-6-10-35/h1-10,36-43,51-82,97-112H,11-33H2,(H,83,84)(H,85,86)(H,87,88)(H,89,90)(H,91,92)(H,93,94)(H,95,96)/t36-,37-,38-,39-,40-,41-,42-,43-,51+,52+,53+,54+,55+,56+,57+,58+,59-,60-,61-,62-,63-,64-,65-,66-,67-,68-,69-,70-,71-,72-,73-,74-,75-,76-,77-,78-,79-,80-,81-,82-/m1/s1. The van der Waals surface area contributed by atoms with Gasteiger partial charge in [0.1, 0.15) is 159 Å². The number of hydrogen-bond donors (Lipinski definition) is 23. The monoisotopic (exact) mass is 2130 g/mol. The summed E-state index contributed by atoms with van der Waals surface area (Å²) in [6.45, 7) is -0.816. The van der Waals surface area contributed by atoms with Gasteiger partial charge in [-0.2, -0.15) is 82.3 Å². The molecule has 2 aromatic carbocycles. The highest BCUT2D eigenvalue weighted by atomic mass is 32.2. The van der Waals surface area contributed by atoms with Crippen molar-refractivity contribution >= 4 is 142 Å². The van der Waals surface area contributed by atoms with Crippen LogP contribution in [0.25, 0.3) is 0 Å². The summed E-state index contributed by atoms with van der Waals surface area (Å²) in [4.78, 5) is 83.2. The van der Waals surface area contributed by atoms with E-state index in [1.54, 1.807) is 60.7 Å². The first-order chi connectivity index (χ1) is 65.7. The lowest BCUT2D eigenvalue weighted by Gasteiger charge is -2.51. The maximum Gasteiger partial charge on any atom is 0.304 e. The Morgan fingerprint density at radius 2 is 0.384 bits per heavy atom. The highest BCUT2D eigenvalue weighted by molar-refractivity contribution is 8.00. The number of carboxylic acid groups (broad SMARTS) is 7. The third-order valence-electron chi connectivity index (χ3n) is 23.6. The third-order valence-corrected chi connectivity index (χ3v) is 33.8. The lowest BCUT2D eigenvalue weighted by atomic mass is 9.95. The fraction of sp³-hybridized carbons (Fsp3) is 0.768. The summed E-state index contributed by atoms with van der Waals surface area (Å²) < 4.78 is 123. The molecule has 30 aliphatic heterocycles. The minimum atomic E-state index is -3.85. The molecule has 30 aliphatic rings. The smallest absolute Gasteiger partial charge is 0.304 e. The van der Waals surface area contributed by atoms with E-state index in [1.807, 2.05) is 0 Å². The molecule has 30 fully saturated rings. The van der Waals surface area contributed by atoms with Crippen molar-refractivity contribution in [1.29, 1.82) is 0 Å². The van der Waals surface area contributed by atoms with Crippen molar-refractivity contribution < 1.29 is 236 Å². The molecule has 0 aromatic heterocycles. The van der Waals surface area contributed by atoms with Crippen molar-refractivity contribution in [2.24, 2.45) is 0 Å². The highest BCUT2D eigenvalue weighted by Crippen LogP contribution is 2.46. The second kappa shape index (κ2) is 54.7. The van der Waals surface area contributed by atoms with Crippen LogP contribution in [0.1, 0.15) is 44.9 Å². The van der Waals surface area contributed by atoms with Gasteiger partial charge in [0, 0.05) is 91.1 Å². The normalized spacial score (nSPS) is 39.4. The molecule has 0 amide bonds. The van der Waals surface area contributed by atoms with Crippen LogP contribution in [0, 0.1) is 0 Å². The number of thioether (sulfide) groups is 7. The number of benzene rings is 2. The summed E-state index contributed by atoms with van der Waals surface area (Å²) in [7, 11) is -3.85. The Morgan fingerprint density at radius 1 is 0.232 bits per heavy atom. The Bertz CT molecular complexity index is 3990. The maximum absolute atomic E-state index is 15.5. The number of aliphatic hydroxyl groups is 16. The van der Waals surface area contributed by atoms with Crippen LogP contribution in [0.5, 0.6) is 0 Å². The fourth-order valence-electron chi connectivity index (χ4n) is 16.2. The second-order valence-electron chi connectivity index (χ2n) is 33.4. The van der Waals surface area contributed by atoms with E-state index in [-0.39, 0.29) is 57.5 Å². The van der Waals surface area contributed by atoms with Gasteiger partial charge in [-0.05, 0) is 0 Å². The molecule has 0 spiro atoms. The lowest BCUT2D eigenvalue weighted by molar-refractivity contribution is -0.397. The first-order valence-electron chi connectivity index (χ1n) is 44.0. The Kier molecular flexibility index (Phi) is 45.3. The van der Waals surface area contributed by atoms with Crippen molar-refractivity contribution in [2.75, 3.05) is 93.5 Å². The number of aliphatic hydroxyl groups excluding tert-OH is 16. The minimum absolute atomic E-state index is 0.161. The van der Waals surface area contributed by atoms with Gasteiger partial charge in [0.25, 0.3) is 0 Å². The average molecular weight is 2130 g/mol. The van der Waals surface area contributed by atoms with Gasteiger partial charge in [-0.1, -0.05) is 60.7 Å². The van der Waals surface area contributed by atoms with E-state index in [0.717, 1.165) is 82.3 Å². The Balaban J connectivity index is 0.985. The highest BCUT2D eigenvalue weighted by Gasteiger charge is 2.61. The summed E-state index contributed by atoms with van der Waals surface area (Å²) in [5.41, 5.74) is 0. The van der Waals surface area contributed by atoms with E-state index in [9.17, 15) is 151 Å².